The summed E-state index contributed by atoms with van der Waals surface area (Å²) in [4.78, 5) is 25.5. The second-order valence-electron chi connectivity index (χ2n) is 5.12. The first kappa shape index (κ1) is 15.9. The molecule has 0 aliphatic carbocycles. The SMILES string of the molecule is CC(C)C(CN)C(=O)NCCC(=O)N1CCOCC1. The normalized spacial score (nSPS) is 17.4. The molecule has 1 saturated heterocycles. The Kier molecular flexibility index (Phi) is 6.80. The average molecular weight is 271 g/mol. The highest BCUT2D eigenvalue weighted by Crippen LogP contribution is 2.08. The zero-order chi connectivity index (χ0) is 14.3. The molecule has 0 aromatic rings. The summed E-state index contributed by atoms with van der Waals surface area (Å²) in [6.07, 6.45) is 0.334. The highest BCUT2D eigenvalue weighted by atomic mass is 16.5. The van der Waals surface area contributed by atoms with E-state index in [4.69, 9.17) is 10.5 Å². The summed E-state index contributed by atoms with van der Waals surface area (Å²) in [5.41, 5.74) is 5.57. The first-order valence-corrected chi connectivity index (χ1v) is 6.89. The van der Waals surface area contributed by atoms with E-state index in [1.54, 1.807) is 4.90 Å². The number of nitrogens with zero attached hydrogens (tertiary/aromatic N) is 1. The zero-order valence-corrected chi connectivity index (χ0v) is 11.9. The second-order valence-corrected chi connectivity index (χ2v) is 5.12. The smallest absolute Gasteiger partial charge is 0.224 e. The Morgan fingerprint density at radius 2 is 1.95 bits per heavy atom. The number of amides is 2. The minimum atomic E-state index is -0.182. The van der Waals surface area contributed by atoms with Crippen molar-refractivity contribution in [1.29, 1.82) is 0 Å². The van der Waals surface area contributed by atoms with Gasteiger partial charge < -0.3 is 20.7 Å². The van der Waals surface area contributed by atoms with Gasteiger partial charge in [-0.15, -0.1) is 0 Å². The van der Waals surface area contributed by atoms with Crippen LogP contribution in [-0.4, -0.2) is 56.1 Å². The van der Waals surface area contributed by atoms with Crippen LogP contribution < -0.4 is 11.1 Å². The number of rotatable bonds is 6. The largest absolute Gasteiger partial charge is 0.378 e. The number of nitrogens with two attached hydrogens (primary N) is 1. The lowest BCUT2D eigenvalue weighted by Crippen LogP contribution is -2.43. The van der Waals surface area contributed by atoms with E-state index in [2.05, 4.69) is 5.32 Å². The molecule has 0 saturated carbocycles. The maximum absolute atomic E-state index is 11.8. The van der Waals surface area contributed by atoms with Crippen LogP contribution >= 0.6 is 0 Å². The van der Waals surface area contributed by atoms with Crippen molar-refractivity contribution in [3.8, 4) is 0 Å². The molecular weight excluding hydrogens is 246 g/mol. The summed E-state index contributed by atoms with van der Waals surface area (Å²) in [7, 11) is 0. The van der Waals surface area contributed by atoms with Gasteiger partial charge in [0.1, 0.15) is 0 Å². The predicted molar refractivity (Wildman–Crippen MR) is 72.4 cm³/mol. The Morgan fingerprint density at radius 3 is 2.47 bits per heavy atom. The minimum absolute atomic E-state index is 0.0627. The first-order valence-electron chi connectivity index (χ1n) is 6.89. The van der Waals surface area contributed by atoms with Crippen LogP contribution in [0.25, 0.3) is 0 Å². The molecule has 1 aliphatic rings. The fourth-order valence-electron chi connectivity index (χ4n) is 2.08. The Labute approximate surface area is 114 Å². The number of nitrogens with one attached hydrogen (secondary N) is 1. The van der Waals surface area contributed by atoms with Crippen LogP contribution in [0.1, 0.15) is 20.3 Å². The number of carbonyl (C=O) groups is 2. The number of hydrogen-bond acceptors (Lipinski definition) is 4. The molecular formula is C13H25N3O3. The van der Waals surface area contributed by atoms with Crippen molar-refractivity contribution in [3.05, 3.63) is 0 Å². The fraction of sp³-hybridized carbons (Fsp3) is 0.846. The van der Waals surface area contributed by atoms with Gasteiger partial charge in [0, 0.05) is 32.6 Å². The van der Waals surface area contributed by atoms with E-state index in [0.29, 0.717) is 45.8 Å². The van der Waals surface area contributed by atoms with Crippen molar-refractivity contribution in [3.63, 3.8) is 0 Å². The maximum Gasteiger partial charge on any atom is 0.224 e. The predicted octanol–water partition coefficient (Wildman–Crippen LogP) is -0.418. The van der Waals surface area contributed by atoms with Gasteiger partial charge in [0.2, 0.25) is 11.8 Å². The van der Waals surface area contributed by atoms with Crippen LogP contribution in [0.2, 0.25) is 0 Å². The standard InChI is InChI=1S/C13H25N3O3/c1-10(2)11(9-14)13(18)15-4-3-12(17)16-5-7-19-8-6-16/h10-11H,3-9,14H2,1-2H3,(H,15,18). The lowest BCUT2D eigenvalue weighted by molar-refractivity contribution is -0.135. The third kappa shape index (κ3) is 5.16. The summed E-state index contributed by atoms with van der Waals surface area (Å²) in [5, 5.41) is 2.79. The number of morpholine rings is 1. The van der Waals surface area contributed by atoms with E-state index in [1.165, 1.54) is 0 Å². The van der Waals surface area contributed by atoms with Gasteiger partial charge in [0.25, 0.3) is 0 Å². The molecule has 0 spiro atoms. The Morgan fingerprint density at radius 1 is 1.32 bits per heavy atom. The van der Waals surface area contributed by atoms with Crippen LogP contribution in [0, 0.1) is 11.8 Å². The lowest BCUT2D eigenvalue weighted by Gasteiger charge is -2.27. The molecule has 0 bridgehead atoms. The van der Waals surface area contributed by atoms with Crippen LogP contribution in [0.4, 0.5) is 0 Å². The van der Waals surface area contributed by atoms with Crippen molar-refractivity contribution in [2.75, 3.05) is 39.4 Å². The van der Waals surface area contributed by atoms with Crippen molar-refractivity contribution in [2.24, 2.45) is 17.6 Å². The summed E-state index contributed by atoms with van der Waals surface area (Å²) in [5.74, 6) is 0.0307. The quantitative estimate of drug-likeness (QED) is 0.687. The highest BCUT2D eigenvalue weighted by Gasteiger charge is 2.21. The van der Waals surface area contributed by atoms with Gasteiger partial charge in [-0.3, -0.25) is 9.59 Å². The van der Waals surface area contributed by atoms with Gasteiger partial charge in [-0.2, -0.15) is 0 Å². The summed E-state index contributed by atoms with van der Waals surface area (Å²) >= 11 is 0. The molecule has 1 unspecified atom stereocenters. The Bertz CT molecular complexity index is 302. The van der Waals surface area contributed by atoms with E-state index in [0.717, 1.165) is 0 Å². The van der Waals surface area contributed by atoms with Gasteiger partial charge in [0.15, 0.2) is 0 Å². The summed E-state index contributed by atoms with van der Waals surface area (Å²) in [6.45, 7) is 7.13. The van der Waals surface area contributed by atoms with Crippen molar-refractivity contribution in [2.45, 2.75) is 20.3 Å². The molecule has 1 rings (SSSR count). The van der Waals surface area contributed by atoms with Gasteiger partial charge >= 0.3 is 0 Å². The zero-order valence-electron chi connectivity index (χ0n) is 11.9. The van der Waals surface area contributed by atoms with Crippen molar-refractivity contribution < 1.29 is 14.3 Å². The fourth-order valence-corrected chi connectivity index (χ4v) is 2.08. The Balaban J connectivity index is 2.25. The molecule has 0 radical (unpaired) electrons. The molecule has 6 heteroatoms. The van der Waals surface area contributed by atoms with E-state index in [-0.39, 0.29) is 23.7 Å². The number of hydrogen-bond donors (Lipinski definition) is 2. The molecule has 1 fully saturated rings. The van der Waals surface area contributed by atoms with Gasteiger partial charge in [0.05, 0.1) is 19.1 Å². The Hall–Kier alpha value is -1.14. The average Bonchev–Trinajstić information content (AvgIpc) is 2.40. The molecule has 0 aromatic heterocycles. The summed E-state index contributed by atoms with van der Waals surface area (Å²) < 4.78 is 5.19. The molecule has 0 aromatic carbocycles. The van der Waals surface area contributed by atoms with Crippen molar-refractivity contribution in [1.82, 2.24) is 10.2 Å². The third-order valence-electron chi connectivity index (χ3n) is 3.40. The molecule has 110 valence electrons. The van der Waals surface area contributed by atoms with Gasteiger partial charge in [-0.05, 0) is 5.92 Å². The number of ether oxygens (including phenoxy) is 1. The van der Waals surface area contributed by atoms with E-state index >= 15 is 0 Å². The van der Waals surface area contributed by atoms with Crippen LogP contribution in [0.15, 0.2) is 0 Å². The molecule has 19 heavy (non-hydrogen) atoms. The molecule has 6 nitrogen and oxygen atoms in total. The van der Waals surface area contributed by atoms with Gasteiger partial charge in [-0.1, -0.05) is 13.8 Å². The molecule has 1 atom stereocenters. The van der Waals surface area contributed by atoms with E-state index < -0.39 is 0 Å². The van der Waals surface area contributed by atoms with Gasteiger partial charge in [-0.25, -0.2) is 0 Å². The van der Waals surface area contributed by atoms with Crippen LogP contribution in [0.5, 0.6) is 0 Å². The molecule has 3 N–H and O–H groups in total. The minimum Gasteiger partial charge on any atom is -0.378 e. The monoisotopic (exact) mass is 271 g/mol. The third-order valence-corrected chi connectivity index (χ3v) is 3.40. The molecule has 2 amide bonds. The van der Waals surface area contributed by atoms with E-state index in [9.17, 15) is 9.59 Å². The highest BCUT2D eigenvalue weighted by molar-refractivity contribution is 5.80. The first-order chi connectivity index (χ1) is 9.06. The topological polar surface area (TPSA) is 84.7 Å². The van der Waals surface area contributed by atoms with E-state index in [1.807, 2.05) is 13.8 Å². The molecule has 1 aliphatic heterocycles. The maximum atomic E-state index is 11.8. The lowest BCUT2D eigenvalue weighted by atomic mass is 9.95. The van der Waals surface area contributed by atoms with Crippen molar-refractivity contribution >= 4 is 11.8 Å². The molecule has 1 heterocycles. The summed E-state index contributed by atoms with van der Waals surface area (Å²) in [6, 6.07) is 0. The van der Waals surface area contributed by atoms with Crippen LogP contribution in [0.3, 0.4) is 0 Å². The second kappa shape index (κ2) is 8.12. The number of carbonyl (C=O) groups excluding carboxylic acids is 2. The van der Waals surface area contributed by atoms with Crippen LogP contribution in [-0.2, 0) is 14.3 Å².